The van der Waals surface area contributed by atoms with Gasteiger partial charge in [0.25, 0.3) is 5.91 Å². The molecule has 2 aromatic carbocycles. The van der Waals surface area contributed by atoms with Gasteiger partial charge in [0, 0.05) is 0 Å². The predicted octanol–water partition coefficient (Wildman–Crippen LogP) is 2.96. The number of hydrogen-bond acceptors (Lipinski definition) is 4. The first-order chi connectivity index (χ1) is 12.0. The highest BCUT2D eigenvalue weighted by Gasteiger charge is 2.22. The molecule has 2 N–H and O–H groups in total. The fraction of sp³-hybridized carbons (Fsp3) is 0.263. The Morgan fingerprint density at radius 3 is 2.44 bits per heavy atom. The molecule has 0 fully saturated rings. The molecule has 0 heterocycles. The Bertz CT molecular complexity index is 772. The third-order valence-electron chi connectivity index (χ3n) is 3.90. The number of carbonyl (C=O) groups is 2. The summed E-state index contributed by atoms with van der Waals surface area (Å²) >= 11 is 0. The molecule has 6 heteroatoms. The maximum Gasteiger partial charge on any atom is 0.305 e. The first kappa shape index (κ1) is 18.3. The highest BCUT2D eigenvalue weighted by Crippen LogP contribution is 2.26. The van der Waals surface area contributed by atoms with E-state index in [-0.39, 0.29) is 12.0 Å². The van der Waals surface area contributed by atoms with Crippen LogP contribution >= 0.6 is 0 Å². The summed E-state index contributed by atoms with van der Waals surface area (Å²) in [6, 6.07) is 11.6. The van der Waals surface area contributed by atoms with E-state index in [0.29, 0.717) is 11.5 Å². The first-order valence-corrected chi connectivity index (χ1v) is 7.76. The van der Waals surface area contributed by atoms with Gasteiger partial charge in [0.2, 0.25) is 0 Å². The lowest BCUT2D eigenvalue weighted by atomic mass is 9.98. The third kappa shape index (κ3) is 4.50. The van der Waals surface area contributed by atoms with E-state index in [4.69, 9.17) is 9.47 Å². The summed E-state index contributed by atoms with van der Waals surface area (Å²) in [4.78, 5) is 24.0. The normalized spacial score (nSPS) is 11.5. The topological polar surface area (TPSA) is 84.9 Å². The number of carboxylic acid groups (broad SMARTS) is 1. The van der Waals surface area contributed by atoms with Crippen molar-refractivity contribution in [2.45, 2.75) is 19.4 Å². The van der Waals surface area contributed by atoms with Gasteiger partial charge in [0.05, 0.1) is 32.2 Å². The molecule has 2 rings (SSSR count). The van der Waals surface area contributed by atoms with Crippen molar-refractivity contribution in [1.29, 1.82) is 0 Å². The zero-order valence-corrected chi connectivity index (χ0v) is 14.4. The highest BCUT2D eigenvalue weighted by atomic mass is 16.5. The lowest BCUT2D eigenvalue weighted by molar-refractivity contribution is -0.137. The number of rotatable bonds is 7. The molecule has 0 radical (unpaired) electrons. The number of benzene rings is 2. The molecule has 6 nitrogen and oxygen atoms in total. The quantitative estimate of drug-likeness (QED) is 0.807. The molecule has 0 spiro atoms. The Morgan fingerprint density at radius 2 is 1.84 bits per heavy atom. The standard InChI is InChI=1S/C19H21NO5/c1-12-6-4-5-7-14(12)16(11-18(21)22)20-19(23)15-10-13(24-2)8-9-17(15)25-3/h4-10,16H,11H2,1-3H3,(H,20,23)(H,21,22). The second kappa shape index (κ2) is 8.19. The third-order valence-corrected chi connectivity index (χ3v) is 3.90. The van der Waals surface area contributed by atoms with Gasteiger partial charge in [-0.2, -0.15) is 0 Å². The minimum absolute atomic E-state index is 0.219. The van der Waals surface area contributed by atoms with Gasteiger partial charge in [0.15, 0.2) is 0 Å². The molecule has 25 heavy (non-hydrogen) atoms. The molecule has 0 saturated carbocycles. The van der Waals surface area contributed by atoms with Crippen LogP contribution in [0.2, 0.25) is 0 Å². The number of hydrogen-bond donors (Lipinski definition) is 2. The predicted molar refractivity (Wildman–Crippen MR) is 93.2 cm³/mol. The number of aryl methyl sites for hydroxylation is 1. The summed E-state index contributed by atoms with van der Waals surface area (Å²) in [7, 11) is 2.97. The molecular weight excluding hydrogens is 322 g/mol. The minimum Gasteiger partial charge on any atom is -0.497 e. The van der Waals surface area contributed by atoms with Crippen LogP contribution in [0.3, 0.4) is 0 Å². The van der Waals surface area contributed by atoms with Gasteiger partial charge in [0.1, 0.15) is 11.5 Å². The monoisotopic (exact) mass is 343 g/mol. The van der Waals surface area contributed by atoms with Gasteiger partial charge in [-0.05, 0) is 36.2 Å². The Hall–Kier alpha value is -3.02. The Morgan fingerprint density at radius 1 is 1.12 bits per heavy atom. The number of amides is 1. The van der Waals surface area contributed by atoms with Crippen LogP contribution in [0.15, 0.2) is 42.5 Å². The zero-order valence-electron chi connectivity index (χ0n) is 14.4. The molecule has 1 amide bonds. The largest absolute Gasteiger partial charge is 0.497 e. The fourth-order valence-corrected chi connectivity index (χ4v) is 2.62. The number of ether oxygens (including phenoxy) is 2. The molecule has 132 valence electrons. The van der Waals surface area contributed by atoms with Crippen LogP contribution < -0.4 is 14.8 Å². The Kier molecular flexibility index (Phi) is 6.00. The first-order valence-electron chi connectivity index (χ1n) is 7.76. The second-order valence-electron chi connectivity index (χ2n) is 5.55. The van der Waals surface area contributed by atoms with E-state index in [9.17, 15) is 14.7 Å². The summed E-state index contributed by atoms with van der Waals surface area (Å²) in [6.45, 7) is 1.88. The molecule has 1 unspecified atom stereocenters. The molecule has 0 aliphatic carbocycles. The Labute approximate surface area is 146 Å². The smallest absolute Gasteiger partial charge is 0.305 e. The van der Waals surface area contributed by atoms with E-state index >= 15 is 0 Å². The molecular formula is C19H21NO5. The van der Waals surface area contributed by atoms with Crippen LogP contribution in [0, 0.1) is 6.92 Å². The van der Waals surface area contributed by atoms with Crippen LogP contribution in [-0.4, -0.2) is 31.2 Å². The van der Waals surface area contributed by atoms with E-state index in [1.165, 1.54) is 14.2 Å². The van der Waals surface area contributed by atoms with Crippen molar-refractivity contribution < 1.29 is 24.2 Å². The summed E-state index contributed by atoms with van der Waals surface area (Å²) in [5.41, 5.74) is 1.96. The number of aliphatic carboxylic acids is 1. The van der Waals surface area contributed by atoms with E-state index < -0.39 is 17.9 Å². The average molecular weight is 343 g/mol. The number of methoxy groups -OCH3 is 2. The summed E-state index contributed by atoms with van der Waals surface area (Å²) < 4.78 is 10.4. The van der Waals surface area contributed by atoms with Crippen molar-refractivity contribution >= 4 is 11.9 Å². The van der Waals surface area contributed by atoms with Gasteiger partial charge in [-0.3, -0.25) is 9.59 Å². The van der Waals surface area contributed by atoms with E-state index in [0.717, 1.165) is 11.1 Å². The fourth-order valence-electron chi connectivity index (χ4n) is 2.62. The van der Waals surface area contributed by atoms with Crippen LogP contribution in [-0.2, 0) is 4.79 Å². The molecule has 0 aromatic heterocycles. The van der Waals surface area contributed by atoms with Crippen molar-refractivity contribution in [3.8, 4) is 11.5 Å². The van der Waals surface area contributed by atoms with Gasteiger partial charge in [-0.15, -0.1) is 0 Å². The molecule has 1 atom stereocenters. The average Bonchev–Trinajstić information content (AvgIpc) is 2.60. The molecule has 0 aliphatic heterocycles. The summed E-state index contributed by atoms with van der Waals surface area (Å²) in [5, 5.41) is 12.0. The number of carboxylic acids is 1. The van der Waals surface area contributed by atoms with Crippen LogP contribution in [0.4, 0.5) is 0 Å². The Balaban J connectivity index is 2.34. The maximum atomic E-state index is 12.7. The van der Waals surface area contributed by atoms with Crippen molar-refractivity contribution in [1.82, 2.24) is 5.32 Å². The summed E-state index contributed by atoms with van der Waals surface area (Å²) in [5.74, 6) is -0.523. The lowest BCUT2D eigenvalue weighted by Gasteiger charge is -2.20. The highest BCUT2D eigenvalue weighted by molar-refractivity contribution is 5.97. The number of carbonyl (C=O) groups excluding carboxylic acids is 1. The van der Waals surface area contributed by atoms with Crippen molar-refractivity contribution in [2.75, 3.05) is 14.2 Å². The van der Waals surface area contributed by atoms with E-state index in [1.54, 1.807) is 18.2 Å². The van der Waals surface area contributed by atoms with Gasteiger partial charge >= 0.3 is 5.97 Å². The number of nitrogens with one attached hydrogen (secondary N) is 1. The zero-order chi connectivity index (χ0) is 18.4. The minimum atomic E-state index is -0.994. The van der Waals surface area contributed by atoms with Gasteiger partial charge in [-0.25, -0.2) is 0 Å². The lowest BCUT2D eigenvalue weighted by Crippen LogP contribution is -2.31. The van der Waals surface area contributed by atoms with Crippen LogP contribution in [0.1, 0.15) is 33.9 Å². The van der Waals surface area contributed by atoms with E-state index in [2.05, 4.69) is 5.32 Å². The maximum absolute atomic E-state index is 12.7. The van der Waals surface area contributed by atoms with E-state index in [1.807, 2.05) is 31.2 Å². The van der Waals surface area contributed by atoms with Crippen molar-refractivity contribution in [3.63, 3.8) is 0 Å². The molecule has 0 saturated heterocycles. The SMILES string of the molecule is COc1ccc(OC)c(C(=O)NC(CC(=O)O)c2ccccc2C)c1. The van der Waals surface area contributed by atoms with Crippen LogP contribution in [0.25, 0.3) is 0 Å². The van der Waals surface area contributed by atoms with Crippen molar-refractivity contribution in [2.24, 2.45) is 0 Å². The van der Waals surface area contributed by atoms with Gasteiger partial charge in [-0.1, -0.05) is 24.3 Å². The molecule has 2 aromatic rings. The molecule has 0 aliphatic rings. The second-order valence-corrected chi connectivity index (χ2v) is 5.55. The van der Waals surface area contributed by atoms with Crippen molar-refractivity contribution in [3.05, 3.63) is 59.2 Å². The van der Waals surface area contributed by atoms with Crippen LogP contribution in [0.5, 0.6) is 11.5 Å². The molecule has 0 bridgehead atoms. The summed E-state index contributed by atoms with van der Waals surface area (Å²) in [6.07, 6.45) is -0.219. The van der Waals surface area contributed by atoms with Gasteiger partial charge < -0.3 is 19.9 Å².